The molecule has 1 amide bonds. The zero-order valence-corrected chi connectivity index (χ0v) is 15.2. The summed E-state index contributed by atoms with van der Waals surface area (Å²) in [6, 6.07) is 13.7. The van der Waals surface area contributed by atoms with E-state index in [2.05, 4.69) is 5.32 Å². The minimum atomic E-state index is -3.46. The fourth-order valence-corrected chi connectivity index (χ4v) is 4.55. The second-order valence-electron chi connectivity index (χ2n) is 5.02. The first-order valence-electron chi connectivity index (χ1n) is 7.47. The van der Waals surface area contributed by atoms with Crippen LogP contribution in [-0.4, -0.2) is 31.7 Å². The zero-order chi connectivity index (χ0) is 19.0. The van der Waals surface area contributed by atoms with Crippen molar-refractivity contribution in [2.75, 3.05) is 12.3 Å². The van der Waals surface area contributed by atoms with Gasteiger partial charge in [-0.3, -0.25) is 10.1 Å². The van der Waals surface area contributed by atoms with Crippen molar-refractivity contribution in [3.05, 3.63) is 70.3 Å². The maximum atomic E-state index is 12.0. The summed E-state index contributed by atoms with van der Waals surface area (Å²) in [5, 5.41) is 13.0. The summed E-state index contributed by atoms with van der Waals surface area (Å²) >= 11 is 0. The molecule has 26 heavy (non-hydrogen) atoms. The van der Waals surface area contributed by atoms with E-state index in [-0.39, 0.29) is 29.5 Å². The Bertz CT molecular complexity index is 854. The second-order valence-corrected chi connectivity index (χ2v) is 9.06. The Morgan fingerprint density at radius 2 is 1.77 bits per heavy atom. The number of hydrogen-bond acceptors (Lipinski definition) is 7. The molecular weight excluding hydrogens is 380 g/mol. The number of carbonyl (C=O) groups is 1. The molecule has 2 aromatic carbocycles. The van der Waals surface area contributed by atoms with Crippen molar-refractivity contribution >= 4 is 31.4 Å². The van der Waals surface area contributed by atoms with Gasteiger partial charge in [-0.15, -0.1) is 0 Å². The van der Waals surface area contributed by atoms with E-state index < -0.39 is 19.9 Å². The fourth-order valence-electron chi connectivity index (χ4n) is 1.87. The van der Waals surface area contributed by atoms with E-state index in [0.717, 1.165) is 10.8 Å². The number of nitro benzene ring substituents is 1. The van der Waals surface area contributed by atoms with E-state index in [0.29, 0.717) is 5.56 Å². The highest BCUT2D eigenvalue weighted by molar-refractivity contribution is 8.72. The van der Waals surface area contributed by atoms with Crippen molar-refractivity contribution in [2.45, 2.75) is 11.5 Å². The van der Waals surface area contributed by atoms with Crippen LogP contribution in [0.4, 0.5) is 10.5 Å². The van der Waals surface area contributed by atoms with Crippen LogP contribution in [0, 0.1) is 10.1 Å². The molecule has 8 nitrogen and oxygen atoms in total. The summed E-state index contributed by atoms with van der Waals surface area (Å²) in [7, 11) is -2.72. The van der Waals surface area contributed by atoms with Crippen LogP contribution in [-0.2, 0) is 20.2 Å². The molecule has 0 aromatic heterocycles. The van der Waals surface area contributed by atoms with Gasteiger partial charge >= 0.3 is 6.09 Å². The number of carbonyl (C=O) groups excluding carboxylic acids is 1. The van der Waals surface area contributed by atoms with E-state index in [1.54, 1.807) is 18.2 Å². The minimum Gasteiger partial charge on any atom is -0.445 e. The van der Waals surface area contributed by atoms with Crippen molar-refractivity contribution in [2.24, 2.45) is 0 Å². The number of hydrogen-bond donors (Lipinski definition) is 1. The van der Waals surface area contributed by atoms with Gasteiger partial charge in [0, 0.05) is 24.4 Å². The lowest BCUT2D eigenvalue weighted by Gasteiger charge is -2.07. The molecule has 0 aliphatic heterocycles. The van der Waals surface area contributed by atoms with Crippen molar-refractivity contribution in [1.82, 2.24) is 5.32 Å². The largest absolute Gasteiger partial charge is 0.445 e. The average Bonchev–Trinajstić information content (AvgIpc) is 2.64. The third-order valence-corrected chi connectivity index (χ3v) is 6.70. The van der Waals surface area contributed by atoms with Gasteiger partial charge in [-0.25, -0.2) is 13.2 Å². The molecule has 0 spiro atoms. The van der Waals surface area contributed by atoms with E-state index in [1.807, 2.05) is 0 Å². The number of amides is 1. The van der Waals surface area contributed by atoms with Gasteiger partial charge in [0.15, 0.2) is 0 Å². The number of nitrogens with zero attached hydrogens (tertiary/aromatic N) is 1. The number of alkyl carbamates (subject to hydrolysis) is 1. The highest BCUT2D eigenvalue weighted by Crippen LogP contribution is 2.22. The summed E-state index contributed by atoms with van der Waals surface area (Å²) in [6.45, 7) is 0.0785. The van der Waals surface area contributed by atoms with Crippen LogP contribution in [0.3, 0.4) is 0 Å². The molecule has 1 N–H and O–H groups in total. The molecule has 0 bridgehead atoms. The summed E-state index contributed by atoms with van der Waals surface area (Å²) in [6.07, 6.45) is -0.693. The average molecular weight is 396 g/mol. The number of non-ortho nitro benzene ring substituents is 1. The lowest BCUT2D eigenvalue weighted by atomic mass is 10.2. The molecule has 2 rings (SSSR count). The van der Waals surface area contributed by atoms with Gasteiger partial charge in [0.05, 0.1) is 9.82 Å². The smallest absolute Gasteiger partial charge is 0.407 e. The Labute approximate surface area is 154 Å². The Kier molecular flexibility index (Phi) is 6.98. The monoisotopic (exact) mass is 396 g/mol. The molecule has 0 heterocycles. The molecular formula is C16H16N2O6S2. The number of benzene rings is 2. The van der Waals surface area contributed by atoms with E-state index in [1.165, 1.54) is 36.4 Å². The summed E-state index contributed by atoms with van der Waals surface area (Å²) < 4.78 is 29.0. The van der Waals surface area contributed by atoms with Crippen molar-refractivity contribution in [3.63, 3.8) is 0 Å². The molecule has 0 saturated heterocycles. The number of rotatable bonds is 8. The van der Waals surface area contributed by atoms with Crippen LogP contribution >= 0.6 is 10.8 Å². The molecule has 0 aliphatic carbocycles. The van der Waals surface area contributed by atoms with Crippen LogP contribution in [0.25, 0.3) is 0 Å². The molecule has 10 heteroatoms. The SMILES string of the molecule is O=C(NCCSS(=O)(=O)c1ccccc1)OCc1ccc([N+](=O)[O-])cc1. The first kappa shape index (κ1) is 19.7. The van der Waals surface area contributed by atoms with Gasteiger partial charge in [-0.1, -0.05) is 18.2 Å². The topological polar surface area (TPSA) is 116 Å². The van der Waals surface area contributed by atoms with Crippen LogP contribution < -0.4 is 5.32 Å². The van der Waals surface area contributed by atoms with Gasteiger partial charge in [0.1, 0.15) is 6.61 Å². The maximum Gasteiger partial charge on any atom is 0.407 e. The summed E-state index contributed by atoms with van der Waals surface area (Å²) in [4.78, 5) is 21.8. The van der Waals surface area contributed by atoms with Crippen molar-refractivity contribution in [1.29, 1.82) is 0 Å². The van der Waals surface area contributed by atoms with Gasteiger partial charge in [0.2, 0.25) is 8.87 Å². The van der Waals surface area contributed by atoms with Gasteiger partial charge in [-0.2, -0.15) is 0 Å². The quantitative estimate of drug-likeness (QED) is 0.316. The molecule has 2 aromatic rings. The molecule has 0 unspecified atom stereocenters. The van der Waals surface area contributed by atoms with Crippen LogP contribution in [0.5, 0.6) is 0 Å². The van der Waals surface area contributed by atoms with E-state index in [9.17, 15) is 23.3 Å². The highest BCUT2D eigenvalue weighted by Gasteiger charge is 2.14. The minimum absolute atomic E-state index is 0.0424. The van der Waals surface area contributed by atoms with Gasteiger partial charge in [-0.05, 0) is 40.6 Å². The standard InChI is InChI=1S/C16H16N2O6S2/c19-16(24-12-13-6-8-14(9-7-13)18(20)21)17-10-11-25-26(22,23)15-4-2-1-3-5-15/h1-9H,10-12H2,(H,17,19). The lowest BCUT2D eigenvalue weighted by molar-refractivity contribution is -0.384. The van der Waals surface area contributed by atoms with Crippen LogP contribution in [0.1, 0.15) is 5.56 Å². The first-order valence-corrected chi connectivity index (χ1v) is 10.5. The summed E-state index contributed by atoms with van der Waals surface area (Å²) in [5.74, 6) is 0.170. The Morgan fingerprint density at radius 3 is 2.38 bits per heavy atom. The molecule has 0 fully saturated rings. The molecule has 0 radical (unpaired) electrons. The van der Waals surface area contributed by atoms with Gasteiger partial charge in [0.25, 0.3) is 5.69 Å². The lowest BCUT2D eigenvalue weighted by Crippen LogP contribution is -2.26. The zero-order valence-electron chi connectivity index (χ0n) is 13.5. The van der Waals surface area contributed by atoms with Crippen LogP contribution in [0.15, 0.2) is 59.5 Å². The normalized spacial score (nSPS) is 10.9. The number of nitrogens with one attached hydrogen (secondary N) is 1. The molecule has 0 aliphatic rings. The third-order valence-electron chi connectivity index (χ3n) is 3.16. The van der Waals surface area contributed by atoms with Crippen LogP contribution in [0.2, 0.25) is 0 Å². The number of nitro groups is 1. The number of ether oxygens (including phenoxy) is 1. The van der Waals surface area contributed by atoms with E-state index >= 15 is 0 Å². The first-order chi connectivity index (χ1) is 12.4. The summed E-state index contributed by atoms with van der Waals surface area (Å²) in [5.41, 5.74) is 0.557. The van der Waals surface area contributed by atoms with Crippen molar-refractivity contribution in [3.8, 4) is 0 Å². The predicted molar refractivity (Wildman–Crippen MR) is 97.4 cm³/mol. The van der Waals surface area contributed by atoms with Crippen molar-refractivity contribution < 1.29 is 22.9 Å². The highest BCUT2D eigenvalue weighted by atomic mass is 33.1. The van der Waals surface area contributed by atoms with Gasteiger partial charge < -0.3 is 10.1 Å². The third kappa shape index (κ3) is 6.05. The maximum absolute atomic E-state index is 12.0. The molecule has 0 atom stereocenters. The Hall–Kier alpha value is -2.59. The molecule has 138 valence electrons. The Balaban J connectivity index is 1.70. The molecule has 0 saturated carbocycles. The van der Waals surface area contributed by atoms with E-state index in [4.69, 9.17) is 4.74 Å². The predicted octanol–water partition coefficient (Wildman–Crippen LogP) is 2.94. The Morgan fingerprint density at radius 1 is 1.12 bits per heavy atom. The fraction of sp³-hybridized carbons (Fsp3) is 0.188. The second kappa shape index (κ2) is 9.20.